The Labute approximate surface area is 98.6 Å². The molecular weight excluding hydrogens is 196 g/mol. The predicted molar refractivity (Wildman–Crippen MR) is 68.3 cm³/mol. The lowest BCUT2D eigenvalue weighted by Crippen LogP contribution is -2.18. The fourth-order valence-corrected chi connectivity index (χ4v) is 2.81. The second kappa shape index (κ2) is 4.25. The minimum absolute atomic E-state index is 0.492. The molecule has 1 aliphatic rings. The van der Waals surface area contributed by atoms with E-state index in [0.717, 1.165) is 31.2 Å². The maximum Gasteiger partial charge on any atom is 0.0152 e. The van der Waals surface area contributed by atoms with Crippen LogP contribution in [0.3, 0.4) is 0 Å². The van der Waals surface area contributed by atoms with Crippen LogP contribution in [0.25, 0.3) is 0 Å². The van der Waals surface area contributed by atoms with Crippen LogP contribution in [0, 0.1) is 17.3 Å². The number of aromatic amines is 1. The average molecular weight is 220 g/mol. The second-order valence-electron chi connectivity index (χ2n) is 5.61. The molecule has 1 aromatic heterocycles. The highest BCUT2D eigenvalue weighted by Gasteiger charge is 2.52. The molecule has 2 rings (SSSR count). The SMILES string of the molecule is CCc1ccc(CC(C)C2(C)CC2CN)[nH]1. The summed E-state index contributed by atoms with van der Waals surface area (Å²) in [5.74, 6) is 1.48. The average Bonchev–Trinajstić information content (AvgIpc) is 2.75. The van der Waals surface area contributed by atoms with Gasteiger partial charge in [0.1, 0.15) is 0 Å². The van der Waals surface area contributed by atoms with Crippen molar-refractivity contribution in [2.45, 2.75) is 40.0 Å². The molecule has 0 saturated heterocycles. The molecule has 0 aliphatic heterocycles. The van der Waals surface area contributed by atoms with Gasteiger partial charge >= 0.3 is 0 Å². The Hall–Kier alpha value is -0.760. The molecule has 2 heteroatoms. The van der Waals surface area contributed by atoms with Crippen LogP contribution in [0.15, 0.2) is 12.1 Å². The normalized spacial score (nSPS) is 30.4. The summed E-state index contributed by atoms with van der Waals surface area (Å²) in [6.07, 6.45) is 3.57. The van der Waals surface area contributed by atoms with Crippen molar-refractivity contribution in [2.24, 2.45) is 23.0 Å². The number of hydrogen-bond acceptors (Lipinski definition) is 1. The molecule has 90 valence electrons. The van der Waals surface area contributed by atoms with E-state index in [2.05, 4.69) is 37.9 Å². The topological polar surface area (TPSA) is 41.8 Å². The van der Waals surface area contributed by atoms with Crippen molar-refractivity contribution in [1.29, 1.82) is 0 Å². The van der Waals surface area contributed by atoms with Crippen LogP contribution in [0.5, 0.6) is 0 Å². The van der Waals surface area contributed by atoms with Crippen molar-refractivity contribution in [3.63, 3.8) is 0 Å². The van der Waals surface area contributed by atoms with Crippen molar-refractivity contribution in [3.05, 3.63) is 23.5 Å². The van der Waals surface area contributed by atoms with E-state index in [1.54, 1.807) is 0 Å². The Morgan fingerprint density at radius 2 is 2.19 bits per heavy atom. The highest BCUT2D eigenvalue weighted by Crippen LogP contribution is 2.57. The van der Waals surface area contributed by atoms with E-state index in [-0.39, 0.29) is 0 Å². The van der Waals surface area contributed by atoms with E-state index in [0.29, 0.717) is 5.41 Å². The lowest BCUT2D eigenvalue weighted by atomic mass is 9.86. The molecule has 1 aromatic rings. The zero-order chi connectivity index (χ0) is 11.8. The van der Waals surface area contributed by atoms with Gasteiger partial charge in [-0.3, -0.25) is 0 Å². The molecule has 3 unspecified atom stereocenters. The van der Waals surface area contributed by atoms with Crippen LogP contribution in [0.4, 0.5) is 0 Å². The molecule has 0 radical (unpaired) electrons. The van der Waals surface area contributed by atoms with Gasteiger partial charge in [0.2, 0.25) is 0 Å². The van der Waals surface area contributed by atoms with Crippen molar-refractivity contribution in [2.75, 3.05) is 6.54 Å². The zero-order valence-electron chi connectivity index (χ0n) is 10.7. The van der Waals surface area contributed by atoms with Crippen LogP contribution >= 0.6 is 0 Å². The van der Waals surface area contributed by atoms with Crippen molar-refractivity contribution >= 4 is 0 Å². The van der Waals surface area contributed by atoms with Crippen LogP contribution in [-0.2, 0) is 12.8 Å². The van der Waals surface area contributed by atoms with E-state index in [1.807, 2.05) is 0 Å². The standard InChI is InChI=1S/C14H24N2/c1-4-12-5-6-13(16-12)7-10(2)14(3)8-11(14)9-15/h5-6,10-11,16H,4,7-9,15H2,1-3H3. The third-order valence-electron chi connectivity index (χ3n) is 4.58. The molecule has 3 atom stereocenters. The van der Waals surface area contributed by atoms with E-state index in [4.69, 9.17) is 5.73 Å². The third-order valence-corrected chi connectivity index (χ3v) is 4.58. The first-order valence-corrected chi connectivity index (χ1v) is 6.47. The summed E-state index contributed by atoms with van der Waals surface area (Å²) in [6, 6.07) is 4.44. The Morgan fingerprint density at radius 3 is 2.69 bits per heavy atom. The van der Waals surface area contributed by atoms with Crippen LogP contribution in [0.2, 0.25) is 0 Å². The molecular formula is C14H24N2. The first-order chi connectivity index (χ1) is 7.60. The highest BCUT2D eigenvalue weighted by atomic mass is 14.7. The van der Waals surface area contributed by atoms with E-state index in [9.17, 15) is 0 Å². The fourth-order valence-electron chi connectivity index (χ4n) is 2.81. The van der Waals surface area contributed by atoms with Crippen molar-refractivity contribution in [3.8, 4) is 0 Å². The molecule has 16 heavy (non-hydrogen) atoms. The first-order valence-electron chi connectivity index (χ1n) is 6.47. The number of aryl methyl sites for hydroxylation is 1. The summed E-state index contributed by atoms with van der Waals surface area (Å²) < 4.78 is 0. The maximum absolute atomic E-state index is 5.76. The van der Waals surface area contributed by atoms with Gasteiger partial charge in [0, 0.05) is 11.4 Å². The Balaban J connectivity index is 1.95. The Kier molecular flexibility index (Phi) is 3.11. The molecule has 3 N–H and O–H groups in total. The molecule has 0 aromatic carbocycles. The zero-order valence-corrected chi connectivity index (χ0v) is 10.7. The van der Waals surface area contributed by atoms with Gasteiger partial charge in [-0.25, -0.2) is 0 Å². The largest absolute Gasteiger partial charge is 0.362 e. The number of rotatable bonds is 5. The minimum atomic E-state index is 0.492. The number of aromatic nitrogens is 1. The van der Waals surface area contributed by atoms with Gasteiger partial charge in [0.25, 0.3) is 0 Å². The fraction of sp³-hybridized carbons (Fsp3) is 0.714. The monoisotopic (exact) mass is 220 g/mol. The van der Waals surface area contributed by atoms with Gasteiger partial charge in [-0.2, -0.15) is 0 Å². The quantitative estimate of drug-likeness (QED) is 0.787. The van der Waals surface area contributed by atoms with Crippen molar-refractivity contribution in [1.82, 2.24) is 4.98 Å². The Bertz CT molecular complexity index is 355. The summed E-state index contributed by atoms with van der Waals surface area (Å²) in [5, 5.41) is 0. The summed E-state index contributed by atoms with van der Waals surface area (Å²) >= 11 is 0. The smallest absolute Gasteiger partial charge is 0.0152 e. The third kappa shape index (κ3) is 2.03. The molecule has 1 aliphatic carbocycles. The Morgan fingerprint density at radius 1 is 1.50 bits per heavy atom. The number of nitrogens with one attached hydrogen (secondary N) is 1. The molecule has 1 heterocycles. The highest BCUT2D eigenvalue weighted by molar-refractivity contribution is 5.15. The number of nitrogens with two attached hydrogens (primary N) is 1. The van der Waals surface area contributed by atoms with Gasteiger partial charge in [-0.1, -0.05) is 20.8 Å². The first kappa shape index (κ1) is 11.7. The van der Waals surface area contributed by atoms with Gasteiger partial charge in [-0.05, 0) is 55.2 Å². The van der Waals surface area contributed by atoms with Crippen molar-refractivity contribution < 1.29 is 0 Å². The molecule has 0 amide bonds. The molecule has 1 saturated carbocycles. The van der Waals surface area contributed by atoms with E-state index in [1.165, 1.54) is 17.8 Å². The maximum atomic E-state index is 5.76. The van der Waals surface area contributed by atoms with E-state index >= 15 is 0 Å². The second-order valence-corrected chi connectivity index (χ2v) is 5.61. The van der Waals surface area contributed by atoms with Gasteiger partial charge < -0.3 is 10.7 Å². The summed E-state index contributed by atoms with van der Waals surface area (Å²) in [4.78, 5) is 3.50. The predicted octanol–water partition coefficient (Wildman–Crippen LogP) is 2.74. The van der Waals surface area contributed by atoms with E-state index < -0.39 is 0 Å². The summed E-state index contributed by atoms with van der Waals surface area (Å²) in [7, 11) is 0. The van der Waals surface area contributed by atoms with Gasteiger partial charge in [-0.15, -0.1) is 0 Å². The number of H-pyrrole nitrogens is 1. The summed E-state index contributed by atoms with van der Waals surface area (Å²) in [5.41, 5.74) is 8.98. The minimum Gasteiger partial charge on any atom is -0.362 e. The van der Waals surface area contributed by atoms with Crippen LogP contribution in [0.1, 0.15) is 38.6 Å². The molecule has 0 spiro atoms. The molecule has 0 bridgehead atoms. The van der Waals surface area contributed by atoms with Crippen LogP contribution in [-0.4, -0.2) is 11.5 Å². The number of hydrogen-bond donors (Lipinski definition) is 2. The molecule has 2 nitrogen and oxygen atoms in total. The van der Waals surface area contributed by atoms with Gasteiger partial charge in [0.15, 0.2) is 0 Å². The lowest BCUT2D eigenvalue weighted by molar-refractivity contribution is 0.329. The lowest BCUT2D eigenvalue weighted by Gasteiger charge is -2.19. The molecule has 1 fully saturated rings. The summed E-state index contributed by atoms with van der Waals surface area (Å²) in [6.45, 7) is 7.79. The van der Waals surface area contributed by atoms with Gasteiger partial charge in [0.05, 0.1) is 0 Å². The van der Waals surface area contributed by atoms with Crippen LogP contribution < -0.4 is 5.73 Å².